The summed E-state index contributed by atoms with van der Waals surface area (Å²) in [5.74, 6) is 0.856. The molecule has 0 aromatic carbocycles. The lowest BCUT2D eigenvalue weighted by Gasteiger charge is -1.98. The lowest BCUT2D eigenvalue weighted by atomic mass is 10.3. The van der Waals surface area contributed by atoms with Gasteiger partial charge >= 0.3 is 0 Å². The van der Waals surface area contributed by atoms with Gasteiger partial charge in [-0.25, -0.2) is 4.68 Å². The fourth-order valence-corrected chi connectivity index (χ4v) is 1.42. The van der Waals surface area contributed by atoms with Crippen molar-refractivity contribution >= 4 is 6.20 Å². The molecular weight excluding hydrogens is 162 g/mol. The van der Waals surface area contributed by atoms with Gasteiger partial charge in [-0.05, 0) is 12.3 Å². The Morgan fingerprint density at radius 2 is 2.62 bits per heavy atom. The molecule has 0 amide bonds. The number of aromatic nitrogens is 2. The molecule has 0 spiro atoms. The number of hydrogen-bond donors (Lipinski definition) is 1. The molecule has 2 rings (SSSR count). The van der Waals surface area contributed by atoms with Crippen molar-refractivity contribution in [2.24, 2.45) is 5.92 Å². The molecule has 1 saturated carbocycles. The van der Waals surface area contributed by atoms with Gasteiger partial charge < -0.3 is 5.32 Å². The Kier molecular flexibility index (Phi) is 2.19. The standard InChI is InChI=1S/C10H15N3/c1-3-13-7-9(6-12-13)5-11-10-4-8(10)2/h3,6-8,10-11H,1,4-5H2,2H3. The van der Waals surface area contributed by atoms with Gasteiger partial charge in [-0.1, -0.05) is 13.5 Å². The van der Waals surface area contributed by atoms with Gasteiger partial charge in [-0.2, -0.15) is 5.10 Å². The first-order valence-corrected chi connectivity index (χ1v) is 4.68. The Labute approximate surface area is 78.4 Å². The Hall–Kier alpha value is -1.09. The summed E-state index contributed by atoms with van der Waals surface area (Å²) < 4.78 is 1.73. The van der Waals surface area contributed by atoms with Gasteiger partial charge in [0.2, 0.25) is 0 Å². The minimum absolute atomic E-state index is 0.729. The fourth-order valence-electron chi connectivity index (χ4n) is 1.42. The molecule has 3 heteroatoms. The molecule has 0 bridgehead atoms. The van der Waals surface area contributed by atoms with Crippen molar-refractivity contribution in [3.05, 3.63) is 24.5 Å². The van der Waals surface area contributed by atoms with Gasteiger partial charge in [0.1, 0.15) is 0 Å². The van der Waals surface area contributed by atoms with Crippen LogP contribution >= 0.6 is 0 Å². The van der Waals surface area contributed by atoms with Crippen LogP contribution in [0.15, 0.2) is 19.0 Å². The lowest BCUT2D eigenvalue weighted by molar-refractivity contribution is 0.652. The van der Waals surface area contributed by atoms with Gasteiger partial charge in [-0.3, -0.25) is 0 Å². The van der Waals surface area contributed by atoms with Crippen molar-refractivity contribution in [1.29, 1.82) is 0 Å². The molecule has 2 atom stereocenters. The van der Waals surface area contributed by atoms with Crippen molar-refractivity contribution in [1.82, 2.24) is 15.1 Å². The molecule has 0 aliphatic heterocycles. The summed E-state index contributed by atoms with van der Waals surface area (Å²) in [6.07, 6.45) is 6.88. The van der Waals surface area contributed by atoms with Crippen LogP contribution in [0.4, 0.5) is 0 Å². The van der Waals surface area contributed by atoms with Crippen LogP contribution in [0, 0.1) is 5.92 Å². The van der Waals surface area contributed by atoms with Crippen LogP contribution in [0.3, 0.4) is 0 Å². The Balaban J connectivity index is 1.83. The SMILES string of the molecule is C=Cn1cc(CNC2CC2C)cn1. The van der Waals surface area contributed by atoms with Crippen molar-refractivity contribution in [3.8, 4) is 0 Å². The average molecular weight is 177 g/mol. The summed E-state index contributed by atoms with van der Waals surface area (Å²) in [6.45, 7) is 6.83. The molecule has 1 aromatic heterocycles. The number of rotatable bonds is 4. The van der Waals surface area contributed by atoms with Crippen LogP contribution in [-0.4, -0.2) is 15.8 Å². The molecule has 1 aromatic rings. The smallest absolute Gasteiger partial charge is 0.0538 e. The first-order valence-electron chi connectivity index (χ1n) is 4.68. The van der Waals surface area contributed by atoms with E-state index in [2.05, 4.69) is 23.9 Å². The highest BCUT2D eigenvalue weighted by atomic mass is 15.2. The average Bonchev–Trinajstić information content (AvgIpc) is 2.68. The van der Waals surface area contributed by atoms with E-state index in [-0.39, 0.29) is 0 Å². The molecule has 70 valence electrons. The quantitative estimate of drug-likeness (QED) is 0.755. The number of nitrogens with zero attached hydrogens (tertiary/aromatic N) is 2. The maximum absolute atomic E-state index is 4.11. The molecule has 2 unspecified atom stereocenters. The summed E-state index contributed by atoms with van der Waals surface area (Å²) in [5, 5.41) is 7.58. The normalized spacial score (nSPS) is 25.9. The van der Waals surface area contributed by atoms with E-state index in [1.807, 2.05) is 12.4 Å². The van der Waals surface area contributed by atoms with Gasteiger partial charge in [0.05, 0.1) is 6.20 Å². The fraction of sp³-hybridized carbons (Fsp3) is 0.500. The van der Waals surface area contributed by atoms with E-state index in [0.29, 0.717) is 0 Å². The number of nitrogens with one attached hydrogen (secondary N) is 1. The monoisotopic (exact) mass is 177 g/mol. The van der Waals surface area contributed by atoms with Crippen LogP contribution < -0.4 is 5.32 Å². The highest BCUT2D eigenvalue weighted by Crippen LogP contribution is 2.29. The van der Waals surface area contributed by atoms with Crippen LogP contribution in [0.25, 0.3) is 6.20 Å². The van der Waals surface area contributed by atoms with Gasteiger partial charge in [0.15, 0.2) is 0 Å². The van der Waals surface area contributed by atoms with E-state index in [0.717, 1.165) is 18.5 Å². The summed E-state index contributed by atoms with van der Waals surface area (Å²) in [5.41, 5.74) is 1.22. The van der Waals surface area contributed by atoms with E-state index in [1.54, 1.807) is 10.9 Å². The molecule has 13 heavy (non-hydrogen) atoms. The molecule has 0 radical (unpaired) electrons. The summed E-state index contributed by atoms with van der Waals surface area (Å²) in [4.78, 5) is 0. The maximum Gasteiger partial charge on any atom is 0.0538 e. The van der Waals surface area contributed by atoms with E-state index in [9.17, 15) is 0 Å². The summed E-state index contributed by atoms with van der Waals surface area (Å²) >= 11 is 0. The largest absolute Gasteiger partial charge is 0.310 e. The molecular formula is C10H15N3. The van der Waals surface area contributed by atoms with Crippen LogP contribution in [0.1, 0.15) is 18.9 Å². The first-order chi connectivity index (χ1) is 6.29. The predicted octanol–water partition coefficient (Wildman–Crippen LogP) is 1.48. The molecule has 1 fully saturated rings. The second-order valence-corrected chi connectivity index (χ2v) is 3.71. The molecule has 1 heterocycles. The topological polar surface area (TPSA) is 29.9 Å². The Morgan fingerprint density at radius 1 is 1.85 bits per heavy atom. The summed E-state index contributed by atoms with van der Waals surface area (Å²) in [6, 6.07) is 0.729. The highest BCUT2D eigenvalue weighted by molar-refractivity contribution is 5.17. The van der Waals surface area contributed by atoms with E-state index in [1.165, 1.54) is 12.0 Å². The number of hydrogen-bond acceptors (Lipinski definition) is 2. The molecule has 1 aliphatic carbocycles. The second-order valence-electron chi connectivity index (χ2n) is 3.71. The molecule has 3 nitrogen and oxygen atoms in total. The van der Waals surface area contributed by atoms with E-state index in [4.69, 9.17) is 0 Å². The third kappa shape index (κ3) is 1.98. The maximum atomic E-state index is 4.11. The van der Waals surface area contributed by atoms with Crippen LogP contribution in [0.5, 0.6) is 0 Å². The minimum Gasteiger partial charge on any atom is -0.310 e. The Morgan fingerprint density at radius 3 is 3.15 bits per heavy atom. The highest BCUT2D eigenvalue weighted by Gasteiger charge is 2.31. The van der Waals surface area contributed by atoms with Crippen molar-refractivity contribution < 1.29 is 0 Å². The lowest BCUT2D eigenvalue weighted by Crippen LogP contribution is -2.16. The van der Waals surface area contributed by atoms with Gasteiger partial charge in [0.25, 0.3) is 0 Å². The molecule has 1 N–H and O–H groups in total. The third-order valence-electron chi connectivity index (χ3n) is 2.52. The minimum atomic E-state index is 0.729. The predicted molar refractivity (Wildman–Crippen MR) is 53.0 cm³/mol. The molecule has 0 saturated heterocycles. The Bertz CT molecular complexity index is 303. The van der Waals surface area contributed by atoms with E-state index >= 15 is 0 Å². The molecule has 1 aliphatic rings. The van der Waals surface area contributed by atoms with Crippen LogP contribution in [-0.2, 0) is 6.54 Å². The van der Waals surface area contributed by atoms with Gasteiger partial charge in [0, 0.05) is 30.5 Å². The van der Waals surface area contributed by atoms with Crippen molar-refractivity contribution in [2.75, 3.05) is 0 Å². The third-order valence-corrected chi connectivity index (χ3v) is 2.52. The zero-order valence-electron chi connectivity index (χ0n) is 7.90. The van der Waals surface area contributed by atoms with Crippen molar-refractivity contribution in [3.63, 3.8) is 0 Å². The van der Waals surface area contributed by atoms with Crippen LogP contribution in [0.2, 0.25) is 0 Å². The zero-order chi connectivity index (χ0) is 9.26. The van der Waals surface area contributed by atoms with Crippen molar-refractivity contribution in [2.45, 2.75) is 25.9 Å². The zero-order valence-corrected chi connectivity index (χ0v) is 7.90. The van der Waals surface area contributed by atoms with Gasteiger partial charge in [-0.15, -0.1) is 0 Å². The summed E-state index contributed by atoms with van der Waals surface area (Å²) in [7, 11) is 0. The first kappa shape index (κ1) is 8.51. The second kappa shape index (κ2) is 3.34. The van der Waals surface area contributed by atoms with E-state index < -0.39 is 0 Å².